The van der Waals surface area contributed by atoms with E-state index in [0.29, 0.717) is 0 Å². The van der Waals surface area contributed by atoms with Gasteiger partial charge in [-0.1, -0.05) is 49.4 Å². The molecule has 3 aromatic rings. The molecule has 1 aromatic heterocycles. The van der Waals surface area contributed by atoms with Crippen molar-refractivity contribution in [2.45, 2.75) is 19.4 Å². The first-order valence-corrected chi connectivity index (χ1v) is 7.38. The second-order valence-electron chi connectivity index (χ2n) is 5.13. The van der Waals surface area contributed by atoms with Crippen LogP contribution in [-0.4, -0.2) is 16.7 Å². The van der Waals surface area contributed by atoms with Gasteiger partial charge in [-0.05, 0) is 40.9 Å². The summed E-state index contributed by atoms with van der Waals surface area (Å²) in [6, 6.07) is 17.1. The number of benzene rings is 2. The van der Waals surface area contributed by atoms with E-state index in [1.54, 1.807) is 6.20 Å². The van der Waals surface area contributed by atoms with Gasteiger partial charge in [-0.25, -0.2) is 0 Å². The summed E-state index contributed by atoms with van der Waals surface area (Å²) in [6.45, 7) is 3.15. The Morgan fingerprint density at radius 1 is 1.00 bits per heavy atom. The minimum atomic E-state index is 0.145. The number of nitrogens with zero attached hydrogens (tertiary/aromatic N) is 2. The summed E-state index contributed by atoms with van der Waals surface area (Å²) in [4.78, 5) is 0. The Labute approximate surface area is 125 Å². The number of nitrogens with one attached hydrogen (secondary N) is 1. The lowest BCUT2D eigenvalue weighted by Crippen LogP contribution is -2.23. The van der Waals surface area contributed by atoms with Gasteiger partial charge < -0.3 is 5.32 Å². The van der Waals surface area contributed by atoms with E-state index < -0.39 is 0 Å². The molecule has 1 unspecified atom stereocenters. The summed E-state index contributed by atoms with van der Waals surface area (Å²) in [6.07, 6.45) is 4.69. The summed E-state index contributed by atoms with van der Waals surface area (Å²) in [5, 5.41) is 14.1. The molecule has 1 N–H and O–H groups in total. The third-order valence-corrected chi connectivity index (χ3v) is 3.67. The van der Waals surface area contributed by atoms with Gasteiger partial charge in [0.15, 0.2) is 0 Å². The van der Waals surface area contributed by atoms with E-state index in [4.69, 9.17) is 0 Å². The number of aromatic nitrogens is 2. The third-order valence-electron chi connectivity index (χ3n) is 3.67. The van der Waals surface area contributed by atoms with Gasteiger partial charge in [-0.2, -0.15) is 10.2 Å². The molecule has 0 radical (unpaired) electrons. The molecule has 3 heteroatoms. The van der Waals surface area contributed by atoms with Crippen LogP contribution < -0.4 is 5.32 Å². The minimum Gasteiger partial charge on any atom is -0.306 e. The lowest BCUT2D eigenvalue weighted by molar-refractivity contribution is 0.598. The molecule has 3 rings (SSSR count). The molecule has 0 fully saturated rings. The topological polar surface area (TPSA) is 37.8 Å². The van der Waals surface area contributed by atoms with Gasteiger partial charge >= 0.3 is 0 Å². The molecule has 0 aliphatic rings. The molecule has 3 nitrogen and oxygen atoms in total. The fraction of sp³-hybridized carbons (Fsp3) is 0.222. The van der Waals surface area contributed by atoms with Crippen LogP contribution in [0, 0.1) is 0 Å². The average molecular weight is 277 g/mol. The van der Waals surface area contributed by atoms with Crippen molar-refractivity contribution < 1.29 is 0 Å². The lowest BCUT2D eigenvalue weighted by Gasteiger charge is -2.20. The molecule has 0 saturated carbocycles. The van der Waals surface area contributed by atoms with Gasteiger partial charge in [-0.3, -0.25) is 0 Å². The van der Waals surface area contributed by atoms with Crippen LogP contribution >= 0.6 is 0 Å². The Balaban J connectivity index is 2.10. The van der Waals surface area contributed by atoms with E-state index in [-0.39, 0.29) is 6.04 Å². The molecule has 1 heterocycles. The highest BCUT2D eigenvalue weighted by Gasteiger charge is 2.15. The van der Waals surface area contributed by atoms with Crippen molar-refractivity contribution in [3.8, 4) is 0 Å². The third kappa shape index (κ3) is 2.93. The first kappa shape index (κ1) is 13.7. The molecule has 0 amide bonds. The largest absolute Gasteiger partial charge is 0.306 e. The smallest absolute Gasteiger partial charge is 0.0599 e. The van der Waals surface area contributed by atoms with Crippen molar-refractivity contribution in [2.75, 3.05) is 6.54 Å². The zero-order chi connectivity index (χ0) is 14.5. The quantitative estimate of drug-likeness (QED) is 0.772. The maximum Gasteiger partial charge on any atom is 0.0599 e. The van der Waals surface area contributed by atoms with Crippen LogP contribution in [0.4, 0.5) is 0 Å². The van der Waals surface area contributed by atoms with Gasteiger partial charge in [0.1, 0.15) is 0 Å². The Morgan fingerprint density at radius 2 is 1.86 bits per heavy atom. The van der Waals surface area contributed by atoms with E-state index in [0.717, 1.165) is 18.5 Å². The van der Waals surface area contributed by atoms with Crippen LogP contribution in [-0.2, 0) is 0 Å². The van der Waals surface area contributed by atoms with Gasteiger partial charge in [0.25, 0.3) is 0 Å². The van der Waals surface area contributed by atoms with Crippen molar-refractivity contribution in [2.24, 2.45) is 0 Å². The van der Waals surface area contributed by atoms with E-state index >= 15 is 0 Å². The highest BCUT2D eigenvalue weighted by Crippen LogP contribution is 2.28. The van der Waals surface area contributed by atoms with E-state index in [2.05, 4.69) is 64.9 Å². The second kappa shape index (κ2) is 6.46. The number of fused-ring (bicyclic) bond motifs is 1. The molecule has 0 spiro atoms. The summed E-state index contributed by atoms with van der Waals surface area (Å²) in [7, 11) is 0. The molecule has 1 atom stereocenters. The van der Waals surface area contributed by atoms with Crippen molar-refractivity contribution in [1.29, 1.82) is 0 Å². The molecule has 2 aromatic carbocycles. The SMILES string of the molecule is CCCNC(c1ccnnc1)c1cccc2ccccc12. The lowest BCUT2D eigenvalue weighted by atomic mass is 9.94. The Morgan fingerprint density at radius 3 is 2.67 bits per heavy atom. The molecule has 106 valence electrons. The van der Waals surface area contributed by atoms with E-state index in [1.165, 1.54) is 16.3 Å². The predicted molar refractivity (Wildman–Crippen MR) is 86.1 cm³/mol. The fourth-order valence-electron chi connectivity index (χ4n) is 2.67. The van der Waals surface area contributed by atoms with Crippen LogP contribution in [0.25, 0.3) is 10.8 Å². The second-order valence-corrected chi connectivity index (χ2v) is 5.13. The monoisotopic (exact) mass is 277 g/mol. The summed E-state index contributed by atoms with van der Waals surface area (Å²) in [5.41, 5.74) is 2.43. The van der Waals surface area contributed by atoms with E-state index in [9.17, 15) is 0 Å². The summed E-state index contributed by atoms with van der Waals surface area (Å²) >= 11 is 0. The summed E-state index contributed by atoms with van der Waals surface area (Å²) in [5.74, 6) is 0. The maximum atomic E-state index is 4.03. The number of hydrogen-bond donors (Lipinski definition) is 1. The fourth-order valence-corrected chi connectivity index (χ4v) is 2.67. The van der Waals surface area contributed by atoms with Crippen LogP contribution in [0.3, 0.4) is 0 Å². The van der Waals surface area contributed by atoms with Crippen LogP contribution in [0.2, 0.25) is 0 Å². The molecular formula is C18H19N3. The molecular weight excluding hydrogens is 258 g/mol. The molecule has 0 saturated heterocycles. The molecule has 0 bridgehead atoms. The standard InChI is InChI=1S/C18H19N3/c1-2-11-19-18(15-10-12-20-21-13-15)17-9-5-7-14-6-3-4-8-16(14)17/h3-10,12-13,18-19H,2,11H2,1H3. The van der Waals surface area contributed by atoms with Gasteiger partial charge in [0, 0.05) is 6.20 Å². The first-order chi connectivity index (χ1) is 10.4. The molecule has 0 aliphatic heterocycles. The summed E-state index contributed by atoms with van der Waals surface area (Å²) < 4.78 is 0. The minimum absolute atomic E-state index is 0.145. The van der Waals surface area contributed by atoms with Gasteiger partial charge in [0.2, 0.25) is 0 Å². The highest BCUT2D eigenvalue weighted by atomic mass is 15.1. The number of rotatable bonds is 5. The molecule has 21 heavy (non-hydrogen) atoms. The normalized spacial score (nSPS) is 12.4. The van der Waals surface area contributed by atoms with Crippen molar-refractivity contribution in [1.82, 2.24) is 15.5 Å². The van der Waals surface area contributed by atoms with Crippen molar-refractivity contribution >= 4 is 10.8 Å². The van der Waals surface area contributed by atoms with E-state index in [1.807, 2.05) is 12.3 Å². The van der Waals surface area contributed by atoms with Crippen molar-refractivity contribution in [3.05, 3.63) is 72.1 Å². The Bertz CT molecular complexity index is 704. The highest BCUT2D eigenvalue weighted by molar-refractivity contribution is 5.86. The number of hydrogen-bond acceptors (Lipinski definition) is 3. The van der Waals surface area contributed by atoms with Crippen LogP contribution in [0.1, 0.15) is 30.5 Å². The zero-order valence-corrected chi connectivity index (χ0v) is 12.2. The predicted octanol–water partition coefficient (Wildman–Crippen LogP) is 3.72. The van der Waals surface area contributed by atoms with Crippen LogP contribution in [0.5, 0.6) is 0 Å². The van der Waals surface area contributed by atoms with Crippen molar-refractivity contribution in [3.63, 3.8) is 0 Å². The maximum absolute atomic E-state index is 4.03. The zero-order valence-electron chi connectivity index (χ0n) is 12.2. The van der Waals surface area contributed by atoms with Gasteiger partial charge in [0.05, 0.1) is 12.2 Å². The first-order valence-electron chi connectivity index (χ1n) is 7.38. The molecule has 0 aliphatic carbocycles. The van der Waals surface area contributed by atoms with Crippen LogP contribution in [0.15, 0.2) is 60.9 Å². The Hall–Kier alpha value is -2.26. The van der Waals surface area contributed by atoms with Gasteiger partial charge in [-0.15, -0.1) is 0 Å². The Kier molecular flexibility index (Phi) is 4.22. The average Bonchev–Trinajstić information content (AvgIpc) is 2.56.